The molecule has 30 heavy (non-hydrogen) atoms. The first-order chi connectivity index (χ1) is 14.7. The van der Waals surface area contributed by atoms with Crippen molar-refractivity contribution in [3.05, 3.63) is 89.5 Å². The molecule has 0 unspecified atom stereocenters. The van der Waals surface area contributed by atoms with Crippen molar-refractivity contribution in [1.82, 2.24) is 5.32 Å². The first-order valence-corrected chi connectivity index (χ1v) is 9.98. The molecule has 0 aromatic heterocycles. The molecule has 5 nitrogen and oxygen atoms in total. The van der Waals surface area contributed by atoms with Crippen molar-refractivity contribution in [2.24, 2.45) is 0 Å². The average Bonchev–Trinajstić information content (AvgIpc) is 2.79. The third kappa shape index (κ3) is 4.20. The van der Waals surface area contributed by atoms with Gasteiger partial charge < -0.3 is 14.8 Å². The molecule has 4 rings (SSSR count). The van der Waals surface area contributed by atoms with Gasteiger partial charge in [0, 0.05) is 29.5 Å². The molecule has 3 aromatic rings. The molecule has 1 N–H and O–H groups in total. The second-order valence-electron chi connectivity index (χ2n) is 7.18. The van der Waals surface area contributed by atoms with Gasteiger partial charge in [0.05, 0.1) is 13.2 Å². The quantitative estimate of drug-likeness (QED) is 0.562. The molecular weight excluding hydrogens is 378 g/mol. The van der Waals surface area contributed by atoms with Crippen molar-refractivity contribution in [2.75, 3.05) is 7.11 Å². The fourth-order valence-corrected chi connectivity index (χ4v) is 3.63. The van der Waals surface area contributed by atoms with E-state index in [2.05, 4.69) is 5.32 Å². The number of Topliss-reactive ketones (excluding diaryl/α,β-unsaturated/α-hetero) is 1. The van der Waals surface area contributed by atoms with Crippen LogP contribution in [0.5, 0.6) is 17.2 Å². The largest absolute Gasteiger partial charge is 0.497 e. The van der Waals surface area contributed by atoms with Gasteiger partial charge in [-0.25, -0.2) is 0 Å². The van der Waals surface area contributed by atoms with Gasteiger partial charge >= 0.3 is 0 Å². The number of carbonyl (C=O) groups is 2. The summed E-state index contributed by atoms with van der Waals surface area (Å²) in [6.45, 7) is 0. The van der Waals surface area contributed by atoms with E-state index in [9.17, 15) is 9.59 Å². The first-order valence-electron chi connectivity index (χ1n) is 9.98. The summed E-state index contributed by atoms with van der Waals surface area (Å²) in [5.41, 5.74) is 2.49. The molecule has 1 heterocycles. The molecule has 1 amide bonds. The van der Waals surface area contributed by atoms with Crippen molar-refractivity contribution in [3.8, 4) is 17.2 Å². The maximum absolute atomic E-state index is 12.7. The van der Waals surface area contributed by atoms with E-state index in [4.69, 9.17) is 9.47 Å². The zero-order valence-electron chi connectivity index (χ0n) is 16.8. The number of hydrogen-bond donors (Lipinski definition) is 1. The van der Waals surface area contributed by atoms with Gasteiger partial charge in [-0.2, -0.15) is 0 Å². The molecule has 0 radical (unpaired) electrons. The molecule has 0 bridgehead atoms. The van der Waals surface area contributed by atoms with Gasteiger partial charge in [0.25, 0.3) is 0 Å². The Bertz CT molecular complexity index is 1010. The van der Waals surface area contributed by atoms with Gasteiger partial charge in [0.2, 0.25) is 5.91 Å². The number of methoxy groups -OCH3 is 1. The van der Waals surface area contributed by atoms with E-state index in [1.54, 1.807) is 31.4 Å². The van der Waals surface area contributed by atoms with Gasteiger partial charge in [-0.05, 0) is 42.8 Å². The number of fused-ring (bicyclic) bond motifs is 2. The maximum atomic E-state index is 12.7. The zero-order chi connectivity index (χ0) is 20.9. The van der Waals surface area contributed by atoms with Crippen LogP contribution in [0.1, 0.15) is 46.8 Å². The summed E-state index contributed by atoms with van der Waals surface area (Å²) < 4.78 is 11.1. The van der Waals surface area contributed by atoms with Crippen molar-refractivity contribution in [1.29, 1.82) is 0 Å². The van der Waals surface area contributed by atoms with Crippen LogP contribution in [-0.2, 0) is 4.79 Å². The van der Waals surface area contributed by atoms with Crippen LogP contribution < -0.4 is 14.8 Å². The number of nitrogens with one attached hydrogen (secondary N) is 1. The minimum absolute atomic E-state index is 0.0206. The third-order valence-electron chi connectivity index (χ3n) is 5.20. The number of carbonyl (C=O) groups excluding carboxylic acids is 2. The van der Waals surface area contributed by atoms with Crippen LogP contribution in [0.25, 0.3) is 0 Å². The van der Waals surface area contributed by atoms with E-state index in [0.717, 1.165) is 22.6 Å². The van der Waals surface area contributed by atoms with Crippen LogP contribution in [0, 0.1) is 0 Å². The highest BCUT2D eigenvalue weighted by Gasteiger charge is 2.27. The Balaban J connectivity index is 1.38. The molecule has 5 heteroatoms. The molecule has 1 aliphatic rings. The molecule has 0 fully saturated rings. The number of amides is 1. The number of para-hydroxylation sites is 2. The molecule has 0 saturated carbocycles. The summed E-state index contributed by atoms with van der Waals surface area (Å²) in [5.74, 6) is 2.14. The summed E-state index contributed by atoms with van der Waals surface area (Å²) in [7, 11) is 1.59. The van der Waals surface area contributed by atoms with E-state index >= 15 is 0 Å². The Morgan fingerprint density at radius 3 is 2.07 bits per heavy atom. The molecule has 0 atom stereocenters. The van der Waals surface area contributed by atoms with Crippen LogP contribution >= 0.6 is 0 Å². The smallest absolute Gasteiger partial charge is 0.220 e. The van der Waals surface area contributed by atoms with Crippen LogP contribution in [0.2, 0.25) is 0 Å². The number of rotatable bonds is 7. The van der Waals surface area contributed by atoms with Gasteiger partial charge in [-0.3, -0.25) is 9.59 Å². The summed E-state index contributed by atoms with van der Waals surface area (Å²) in [5, 5.41) is 3.11. The SMILES string of the molecule is COc1ccc(C(=O)CCCC(=O)NC2c3ccccc3Oc3ccccc32)cc1. The standard InChI is InChI=1S/C25H23NO4/c1-29-18-15-13-17(14-16-18)21(27)9-6-12-24(28)26-25-19-7-2-4-10-22(19)30-23-11-5-3-8-20(23)25/h2-5,7-8,10-11,13-16,25H,6,9,12H2,1H3,(H,26,28). The molecule has 0 spiro atoms. The number of ketones is 1. The van der Waals surface area contributed by atoms with Crippen molar-refractivity contribution in [2.45, 2.75) is 25.3 Å². The molecular formula is C25H23NO4. The minimum Gasteiger partial charge on any atom is -0.497 e. The fourth-order valence-electron chi connectivity index (χ4n) is 3.63. The number of benzene rings is 3. The lowest BCUT2D eigenvalue weighted by Crippen LogP contribution is -2.31. The van der Waals surface area contributed by atoms with Gasteiger partial charge in [0.15, 0.2) is 5.78 Å². The predicted molar refractivity (Wildman–Crippen MR) is 114 cm³/mol. The Labute approximate surface area is 175 Å². The van der Waals surface area contributed by atoms with Gasteiger partial charge in [-0.1, -0.05) is 36.4 Å². The molecule has 0 saturated heterocycles. The van der Waals surface area contributed by atoms with E-state index < -0.39 is 0 Å². The molecule has 0 aliphatic carbocycles. The van der Waals surface area contributed by atoms with Crippen molar-refractivity contribution in [3.63, 3.8) is 0 Å². The Morgan fingerprint density at radius 1 is 0.867 bits per heavy atom. The lowest BCUT2D eigenvalue weighted by molar-refractivity contribution is -0.121. The van der Waals surface area contributed by atoms with Crippen molar-refractivity contribution >= 4 is 11.7 Å². The molecule has 1 aliphatic heterocycles. The van der Waals surface area contributed by atoms with Crippen LogP contribution in [0.4, 0.5) is 0 Å². The summed E-state index contributed by atoms with van der Waals surface area (Å²) in [4.78, 5) is 25.0. The Kier molecular flexibility index (Phi) is 5.80. The zero-order valence-corrected chi connectivity index (χ0v) is 16.8. The lowest BCUT2D eigenvalue weighted by atomic mass is 9.94. The topological polar surface area (TPSA) is 64.6 Å². The lowest BCUT2D eigenvalue weighted by Gasteiger charge is -2.28. The van der Waals surface area contributed by atoms with Gasteiger partial charge in [0.1, 0.15) is 17.2 Å². The third-order valence-corrected chi connectivity index (χ3v) is 5.20. The minimum atomic E-state index is -0.268. The van der Waals surface area contributed by atoms with E-state index in [-0.39, 0.29) is 24.2 Å². The van der Waals surface area contributed by atoms with Crippen molar-refractivity contribution < 1.29 is 19.1 Å². The highest BCUT2D eigenvalue weighted by atomic mass is 16.5. The van der Waals surface area contributed by atoms with Crippen LogP contribution in [-0.4, -0.2) is 18.8 Å². The van der Waals surface area contributed by atoms with E-state index in [0.29, 0.717) is 24.2 Å². The first kappa shape index (κ1) is 19.7. The Morgan fingerprint density at radius 2 is 1.47 bits per heavy atom. The Hall–Kier alpha value is -3.60. The second kappa shape index (κ2) is 8.82. The molecule has 3 aromatic carbocycles. The number of hydrogen-bond acceptors (Lipinski definition) is 4. The van der Waals surface area contributed by atoms with Crippen LogP contribution in [0.15, 0.2) is 72.8 Å². The van der Waals surface area contributed by atoms with E-state index in [1.165, 1.54) is 0 Å². The number of ether oxygens (including phenoxy) is 2. The summed E-state index contributed by atoms with van der Waals surface area (Å²) >= 11 is 0. The summed E-state index contributed by atoms with van der Waals surface area (Å²) in [6.07, 6.45) is 1.09. The van der Waals surface area contributed by atoms with Gasteiger partial charge in [-0.15, -0.1) is 0 Å². The summed E-state index contributed by atoms with van der Waals surface area (Å²) in [6, 6.07) is 22.2. The normalized spacial score (nSPS) is 12.3. The maximum Gasteiger partial charge on any atom is 0.220 e. The predicted octanol–water partition coefficient (Wildman–Crippen LogP) is 5.06. The fraction of sp³-hybridized carbons (Fsp3) is 0.200. The molecule has 152 valence electrons. The van der Waals surface area contributed by atoms with Crippen LogP contribution in [0.3, 0.4) is 0 Å². The highest BCUT2D eigenvalue weighted by molar-refractivity contribution is 5.96. The average molecular weight is 401 g/mol. The monoisotopic (exact) mass is 401 g/mol. The second-order valence-corrected chi connectivity index (χ2v) is 7.18. The highest BCUT2D eigenvalue weighted by Crippen LogP contribution is 2.42. The van der Waals surface area contributed by atoms with E-state index in [1.807, 2.05) is 48.5 Å².